The third-order valence-corrected chi connectivity index (χ3v) is 3.77. The fourth-order valence-electron chi connectivity index (χ4n) is 2.55. The number of aliphatic carboxylic acids is 1. The molecule has 17 heavy (non-hydrogen) atoms. The van der Waals surface area contributed by atoms with Crippen LogP contribution in [0.4, 0.5) is 5.69 Å². The summed E-state index contributed by atoms with van der Waals surface area (Å²) in [6, 6.07) is 6.09. The van der Waals surface area contributed by atoms with E-state index in [0.29, 0.717) is 0 Å². The zero-order valence-corrected chi connectivity index (χ0v) is 10.7. The summed E-state index contributed by atoms with van der Waals surface area (Å²) < 4.78 is 0. The van der Waals surface area contributed by atoms with E-state index in [0.717, 1.165) is 36.1 Å². The highest BCUT2D eigenvalue weighted by Crippen LogP contribution is 2.47. The minimum absolute atomic E-state index is 0.647. The maximum Gasteiger partial charge on any atom is 0.314 e. The lowest BCUT2D eigenvalue weighted by atomic mass is 9.63. The summed E-state index contributed by atoms with van der Waals surface area (Å²) in [5, 5.41) is 9.52. The van der Waals surface area contributed by atoms with Gasteiger partial charge in [0.15, 0.2) is 0 Å². The van der Waals surface area contributed by atoms with Gasteiger partial charge in [-0.2, -0.15) is 0 Å². The summed E-state index contributed by atoms with van der Waals surface area (Å²) in [4.78, 5) is 13.6. The smallest absolute Gasteiger partial charge is 0.314 e. The zero-order chi connectivity index (χ0) is 12.6. The molecule has 1 aliphatic rings. The van der Waals surface area contributed by atoms with Crippen molar-refractivity contribution in [1.29, 1.82) is 0 Å². The van der Waals surface area contributed by atoms with Crippen molar-refractivity contribution in [2.45, 2.75) is 31.6 Å². The van der Waals surface area contributed by atoms with E-state index in [2.05, 4.69) is 0 Å². The van der Waals surface area contributed by atoms with Crippen molar-refractivity contribution in [2.24, 2.45) is 0 Å². The normalized spacial score (nSPS) is 17.4. The van der Waals surface area contributed by atoms with Gasteiger partial charge in [-0.3, -0.25) is 4.79 Å². The number of benzene rings is 1. The Morgan fingerprint density at radius 2 is 2.00 bits per heavy atom. The second kappa shape index (κ2) is 4.06. The highest BCUT2D eigenvalue weighted by atomic mass is 16.4. The Hall–Kier alpha value is -1.51. The van der Waals surface area contributed by atoms with Gasteiger partial charge in [0.1, 0.15) is 0 Å². The summed E-state index contributed by atoms with van der Waals surface area (Å²) in [7, 11) is 3.92. The van der Waals surface area contributed by atoms with Crippen LogP contribution in [0, 0.1) is 6.92 Å². The second-order valence-electron chi connectivity index (χ2n) is 5.16. The molecule has 1 saturated carbocycles. The average molecular weight is 233 g/mol. The van der Waals surface area contributed by atoms with Gasteiger partial charge < -0.3 is 10.0 Å². The van der Waals surface area contributed by atoms with Crippen LogP contribution in [0.25, 0.3) is 0 Å². The Kier molecular flexibility index (Phi) is 2.86. The molecule has 3 heteroatoms. The molecule has 0 atom stereocenters. The molecule has 3 nitrogen and oxygen atoms in total. The lowest BCUT2D eigenvalue weighted by molar-refractivity contribution is -0.147. The highest BCUT2D eigenvalue weighted by molar-refractivity contribution is 5.85. The number of hydrogen-bond acceptors (Lipinski definition) is 2. The second-order valence-corrected chi connectivity index (χ2v) is 5.16. The van der Waals surface area contributed by atoms with Gasteiger partial charge in [0.25, 0.3) is 0 Å². The van der Waals surface area contributed by atoms with Crippen molar-refractivity contribution in [2.75, 3.05) is 19.0 Å². The fraction of sp³-hybridized carbons (Fsp3) is 0.500. The molecule has 92 valence electrons. The van der Waals surface area contributed by atoms with Crippen molar-refractivity contribution in [3.05, 3.63) is 29.3 Å². The molecule has 0 radical (unpaired) electrons. The number of carbonyl (C=O) groups is 1. The SMILES string of the molecule is Cc1ccc(N(C)C)c(C2(C(=O)O)CCC2)c1. The Labute approximate surface area is 102 Å². The number of hydrogen-bond donors (Lipinski definition) is 1. The molecule has 1 fully saturated rings. The van der Waals surface area contributed by atoms with Crippen LogP contribution >= 0.6 is 0 Å². The molecule has 1 N–H and O–H groups in total. The molecule has 0 spiro atoms. The molecule has 0 saturated heterocycles. The largest absolute Gasteiger partial charge is 0.481 e. The van der Waals surface area contributed by atoms with Crippen LogP contribution in [-0.2, 0) is 10.2 Å². The number of anilines is 1. The van der Waals surface area contributed by atoms with Gasteiger partial charge in [0.05, 0.1) is 5.41 Å². The Bertz CT molecular complexity index is 448. The highest BCUT2D eigenvalue weighted by Gasteiger charge is 2.47. The molecule has 2 rings (SSSR count). The predicted molar refractivity (Wildman–Crippen MR) is 68.7 cm³/mol. The lowest BCUT2D eigenvalue weighted by Crippen LogP contribution is -2.43. The summed E-state index contributed by atoms with van der Waals surface area (Å²) in [6.45, 7) is 2.01. The first-order valence-corrected chi connectivity index (χ1v) is 5.99. The summed E-state index contributed by atoms with van der Waals surface area (Å²) in [5.74, 6) is -0.683. The van der Waals surface area contributed by atoms with Crippen LogP contribution in [0.1, 0.15) is 30.4 Å². The zero-order valence-electron chi connectivity index (χ0n) is 10.7. The van der Waals surface area contributed by atoms with Crippen molar-refractivity contribution in [1.82, 2.24) is 0 Å². The molecular weight excluding hydrogens is 214 g/mol. The van der Waals surface area contributed by atoms with Crippen molar-refractivity contribution < 1.29 is 9.90 Å². The average Bonchev–Trinajstić information content (AvgIpc) is 2.14. The molecule has 0 aromatic heterocycles. The van der Waals surface area contributed by atoms with E-state index < -0.39 is 11.4 Å². The summed E-state index contributed by atoms with van der Waals surface area (Å²) in [5.41, 5.74) is 2.48. The lowest BCUT2D eigenvalue weighted by Gasteiger charge is -2.40. The Morgan fingerprint density at radius 3 is 2.41 bits per heavy atom. The maximum absolute atomic E-state index is 11.6. The van der Waals surface area contributed by atoms with Crippen LogP contribution in [0.3, 0.4) is 0 Å². The Morgan fingerprint density at radius 1 is 1.35 bits per heavy atom. The molecule has 0 unspecified atom stereocenters. The van der Waals surface area contributed by atoms with Crippen LogP contribution in [0.2, 0.25) is 0 Å². The Balaban J connectivity index is 2.56. The van der Waals surface area contributed by atoms with Crippen LogP contribution < -0.4 is 4.90 Å². The topological polar surface area (TPSA) is 40.5 Å². The van der Waals surface area contributed by atoms with Crippen LogP contribution in [-0.4, -0.2) is 25.2 Å². The maximum atomic E-state index is 11.6. The van der Waals surface area contributed by atoms with E-state index in [9.17, 15) is 9.90 Å². The monoisotopic (exact) mass is 233 g/mol. The van der Waals surface area contributed by atoms with E-state index >= 15 is 0 Å². The van der Waals surface area contributed by atoms with E-state index in [1.807, 2.05) is 44.1 Å². The first kappa shape index (κ1) is 12.0. The third kappa shape index (κ3) is 1.79. The number of aryl methyl sites for hydroxylation is 1. The number of rotatable bonds is 3. The van der Waals surface area contributed by atoms with Gasteiger partial charge in [-0.15, -0.1) is 0 Å². The van der Waals surface area contributed by atoms with Crippen LogP contribution in [0.15, 0.2) is 18.2 Å². The minimum Gasteiger partial charge on any atom is -0.481 e. The van der Waals surface area contributed by atoms with E-state index in [1.165, 1.54) is 0 Å². The fourth-order valence-corrected chi connectivity index (χ4v) is 2.55. The third-order valence-electron chi connectivity index (χ3n) is 3.77. The molecule has 0 amide bonds. The molecule has 0 aliphatic heterocycles. The predicted octanol–water partition coefficient (Wildman–Crippen LogP) is 2.57. The molecule has 0 bridgehead atoms. The molecule has 0 heterocycles. The van der Waals surface area contributed by atoms with E-state index in [1.54, 1.807) is 0 Å². The van der Waals surface area contributed by atoms with Crippen molar-refractivity contribution in [3.8, 4) is 0 Å². The standard InChI is InChI=1S/C14H19NO2/c1-10-5-6-12(15(2)3)11(9-10)14(13(16)17)7-4-8-14/h5-6,9H,4,7-8H2,1-3H3,(H,16,17). The van der Waals surface area contributed by atoms with E-state index in [-0.39, 0.29) is 0 Å². The number of nitrogens with zero attached hydrogens (tertiary/aromatic N) is 1. The number of carboxylic acids is 1. The molecule has 1 aromatic carbocycles. The van der Waals surface area contributed by atoms with Gasteiger partial charge >= 0.3 is 5.97 Å². The first-order valence-electron chi connectivity index (χ1n) is 5.99. The van der Waals surface area contributed by atoms with Gasteiger partial charge in [0, 0.05) is 19.8 Å². The van der Waals surface area contributed by atoms with Gasteiger partial charge in [0.2, 0.25) is 0 Å². The minimum atomic E-state index is -0.683. The quantitative estimate of drug-likeness (QED) is 0.872. The van der Waals surface area contributed by atoms with Gasteiger partial charge in [-0.25, -0.2) is 0 Å². The molecule has 1 aromatic rings. The summed E-state index contributed by atoms with van der Waals surface area (Å²) in [6.07, 6.45) is 2.52. The van der Waals surface area contributed by atoms with Gasteiger partial charge in [-0.05, 0) is 31.4 Å². The van der Waals surface area contributed by atoms with Gasteiger partial charge in [-0.1, -0.05) is 24.1 Å². The first-order chi connectivity index (χ1) is 7.97. The summed E-state index contributed by atoms with van der Waals surface area (Å²) >= 11 is 0. The molecular formula is C14H19NO2. The van der Waals surface area contributed by atoms with E-state index in [4.69, 9.17) is 0 Å². The number of carboxylic acid groups (broad SMARTS) is 1. The van der Waals surface area contributed by atoms with Crippen molar-refractivity contribution in [3.63, 3.8) is 0 Å². The van der Waals surface area contributed by atoms with Crippen LogP contribution in [0.5, 0.6) is 0 Å². The molecule has 1 aliphatic carbocycles. The van der Waals surface area contributed by atoms with Crippen molar-refractivity contribution >= 4 is 11.7 Å².